The number of nitrogens with zero attached hydrogens (tertiary/aromatic N) is 3. The predicted molar refractivity (Wildman–Crippen MR) is 123 cm³/mol. The summed E-state index contributed by atoms with van der Waals surface area (Å²) in [6, 6.07) is 3.91. The van der Waals surface area contributed by atoms with Crippen LogP contribution in [-0.4, -0.2) is 51.4 Å². The molecule has 2 aliphatic rings. The zero-order valence-corrected chi connectivity index (χ0v) is 19.1. The van der Waals surface area contributed by atoms with Gasteiger partial charge < -0.3 is 21.7 Å². The monoisotopic (exact) mass is 476 g/mol. The highest BCUT2D eigenvalue weighted by Gasteiger charge is 2.37. The van der Waals surface area contributed by atoms with Gasteiger partial charge in [0.15, 0.2) is 0 Å². The standard InChI is InChI=1S/C22H26Cl2N6O2/c23-15-5-3-12(8-16(15)24)9-17(25)21(32)30-7-1-2-19(30)20(31)28-14-4-6-18-13(10-14)11-27-22(26)29-18/h3,5,8,11,14,17,19H,1-2,4,6-7,9-10,25H2,(H,28,31)(H2,26,27,29)/t14?,17-,19+/m1/s1. The van der Waals surface area contributed by atoms with Crippen molar-refractivity contribution < 1.29 is 9.59 Å². The molecule has 32 heavy (non-hydrogen) atoms. The third kappa shape index (κ3) is 4.98. The molecule has 0 bridgehead atoms. The molecule has 170 valence electrons. The summed E-state index contributed by atoms with van der Waals surface area (Å²) in [7, 11) is 0. The fraction of sp³-hybridized carbons (Fsp3) is 0.455. The van der Waals surface area contributed by atoms with Crippen LogP contribution in [-0.2, 0) is 28.9 Å². The number of rotatable bonds is 5. The first-order valence-electron chi connectivity index (χ1n) is 10.7. The molecule has 1 unspecified atom stereocenters. The van der Waals surface area contributed by atoms with E-state index in [1.54, 1.807) is 29.3 Å². The zero-order chi connectivity index (χ0) is 22.8. The van der Waals surface area contributed by atoms with Gasteiger partial charge in [-0.05, 0) is 61.8 Å². The number of hydrogen-bond acceptors (Lipinski definition) is 6. The quantitative estimate of drug-likeness (QED) is 0.604. The first kappa shape index (κ1) is 22.8. The Hall–Kier alpha value is -2.42. The van der Waals surface area contributed by atoms with Crippen LogP contribution in [0.15, 0.2) is 24.4 Å². The lowest BCUT2D eigenvalue weighted by molar-refractivity contribution is -0.139. The molecule has 0 spiro atoms. The number of hydrogen-bond donors (Lipinski definition) is 3. The van der Waals surface area contributed by atoms with Gasteiger partial charge in [0.25, 0.3) is 0 Å². The Morgan fingerprint density at radius 1 is 1.25 bits per heavy atom. The molecule has 2 amide bonds. The van der Waals surface area contributed by atoms with Crippen LogP contribution in [0.2, 0.25) is 10.0 Å². The minimum Gasteiger partial charge on any atom is -0.368 e. The minimum atomic E-state index is -0.759. The number of benzene rings is 1. The molecule has 3 atom stereocenters. The maximum atomic E-state index is 13.0. The topological polar surface area (TPSA) is 127 Å². The number of nitrogens with two attached hydrogens (primary N) is 2. The molecule has 8 nitrogen and oxygen atoms in total. The summed E-state index contributed by atoms with van der Waals surface area (Å²) >= 11 is 12.0. The maximum Gasteiger partial charge on any atom is 0.243 e. The normalized spacial score (nSPS) is 21.2. The summed E-state index contributed by atoms with van der Waals surface area (Å²) < 4.78 is 0. The van der Waals surface area contributed by atoms with Crippen molar-refractivity contribution in [3.63, 3.8) is 0 Å². The number of aryl methyl sites for hydroxylation is 1. The van der Waals surface area contributed by atoms with Crippen molar-refractivity contribution in [1.82, 2.24) is 20.2 Å². The third-order valence-corrected chi connectivity index (χ3v) is 6.85. The van der Waals surface area contributed by atoms with E-state index in [1.807, 2.05) is 0 Å². The molecule has 10 heteroatoms. The lowest BCUT2D eigenvalue weighted by Crippen LogP contribution is -2.53. The van der Waals surface area contributed by atoms with E-state index in [0.717, 1.165) is 36.1 Å². The summed E-state index contributed by atoms with van der Waals surface area (Å²) in [5.41, 5.74) is 14.6. The summed E-state index contributed by atoms with van der Waals surface area (Å²) in [5, 5.41) is 3.98. The second-order valence-electron chi connectivity index (χ2n) is 8.40. The van der Waals surface area contributed by atoms with Crippen LogP contribution in [0.25, 0.3) is 0 Å². The third-order valence-electron chi connectivity index (χ3n) is 6.11. The minimum absolute atomic E-state index is 0.0235. The number of halogens is 2. The highest BCUT2D eigenvalue weighted by atomic mass is 35.5. The largest absolute Gasteiger partial charge is 0.368 e. The number of likely N-dealkylation sites (tertiary alicyclic amines) is 1. The van der Waals surface area contributed by atoms with Crippen LogP contribution in [0.4, 0.5) is 5.95 Å². The summed E-state index contributed by atoms with van der Waals surface area (Å²) in [6.45, 7) is 0.520. The second-order valence-corrected chi connectivity index (χ2v) is 9.21. The lowest BCUT2D eigenvalue weighted by atomic mass is 9.92. The summed E-state index contributed by atoms with van der Waals surface area (Å²) in [5.74, 6) is -0.0995. The van der Waals surface area contributed by atoms with Crippen LogP contribution in [0, 0.1) is 0 Å². The van der Waals surface area contributed by atoms with Crippen LogP contribution >= 0.6 is 23.2 Å². The Morgan fingerprint density at radius 2 is 2.06 bits per heavy atom. The lowest BCUT2D eigenvalue weighted by Gasteiger charge is -2.30. The Labute approximate surface area is 196 Å². The number of nitrogens with one attached hydrogen (secondary N) is 1. The molecule has 2 aromatic rings. The van der Waals surface area contributed by atoms with Crippen molar-refractivity contribution in [2.24, 2.45) is 5.73 Å². The van der Waals surface area contributed by atoms with Gasteiger partial charge in [0, 0.05) is 24.5 Å². The number of fused-ring (bicyclic) bond motifs is 1. The van der Waals surface area contributed by atoms with Crippen molar-refractivity contribution >= 4 is 41.0 Å². The molecule has 1 fully saturated rings. The van der Waals surface area contributed by atoms with Gasteiger partial charge in [-0.3, -0.25) is 9.59 Å². The molecule has 1 aliphatic carbocycles. The first-order valence-corrected chi connectivity index (χ1v) is 11.5. The van der Waals surface area contributed by atoms with E-state index >= 15 is 0 Å². The highest BCUT2D eigenvalue weighted by Crippen LogP contribution is 2.25. The molecule has 1 aliphatic heterocycles. The fourth-order valence-electron chi connectivity index (χ4n) is 4.47. The Balaban J connectivity index is 1.37. The molecular weight excluding hydrogens is 451 g/mol. The number of nitrogen functional groups attached to an aromatic ring is 1. The van der Waals surface area contributed by atoms with Crippen molar-refractivity contribution in [2.45, 2.75) is 56.7 Å². The molecule has 0 radical (unpaired) electrons. The van der Waals surface area contributed by atoms with Crippen molar-refractivity contribution in [3.8, 4) is 0 Å². The summed E-state index contributed by atoms with van der Waals surface area (Å²) in [4.78, 5) is 36.0. The predicted octanol–water partition coefficient (Wildman–Crippen LogP) is 1.90. The molecule has 2 heterocycles. The number of amides is 2. The van der Waals surface area contributed by atoms with Gasteiger partial charge in [-0.25, -0.2) is 9.97 Å². The zero-order valence-electron chi connectivity index (χ0n) is 17.6. The highest BCUT2D eigenvalue weighted by molar-refractivity contribution is 6.42. The van der Waals surface area contributed by atoms with E-state index < -0.39 is 12.1 Å². The maximum absolute atomic E-state index is 13.0. The van der Waals surface area contributed by atoms with Crippen LogP contribution in [0.3, 0.4) is 0 Å². The number of anilines is 1. The molecule has 1 aromatic carbocycles. The second kappa shape index (κ2) is 9.60. The fourth-order valence-corrected chi connectivity index (χ4v) is 4.79. The van der Waals surface area contributed by atoms with E-state index in [-0.39, 0.29) is 23.8 Å². The van der Waals surface area contributed by atoms with Crippen LogP contribution in [0.1, 0.15) is 36.1 Å². The van der Waals surface area contributed by atoms with Crippen LogP contribution < -0.4 is 16.8 Å². The van der Waals surface area contributed by atoms with Gasteiger partial charge in [0.2, 0.25) is 17.8 Å². The van der Waals surface area contributed by atoms with E-state index in [2.05, 4.69) is 15.3 Å². The van der Waals surface area contributed by atoms with E-state index in [9.17, 15) is 9.59 Å². The molecule has 1 aromatic heterocycles. The van der Waals surface area contributed by atoms with Crippen LogP contribution in [0.5, 0.6) is 0 Å². The Bertz CT molecular complexity index is 1030. The molecule has 4 rings (SSSR count). The van der Waals surface area contributed by atoms with E-state index in [0.29, 0.717) is 35.9 Å². The summed E-state index contributed by atoms with van der Waals surface area (Å²) in [6.07, 6.45) is 5.59. The Kier molecular flexibility index (Phi) is 6.83. The van der Waals surface area contributed by atoms with Crippen molar-refractivity contribution in [2.75, 3.05) is 12.3 Å². The van der Waals surface area contributed by atoms with Gasteiger partial charge in [0.05, 0.1) is 16.1 Å². The molecule has 5 N–H and O–H groups in total. The SMILES string of the molecule is Nc1ncc2c(n1)CCC(NC(=O)[C@@H]1CCCN1C(=O)[C@H](N)Cc1ccc(Cl)c(Cl)c1)C2. The van der Waals surface area contributed by atoms with Gasteiger partial charge in [-0.1, -0.05) is 29.3 Å². The van der Waals surface area contributed by atoms with Gasteiger partial charge in [0.1, 0.15) is 6.04 Å². The van der Waals surface area contributed by atoms with E-state index in [4.69, 9.17) is 34.7 Å². The molecule has 1 saturated heterocycles. The van der Waals surface area contributed by atoms with Crippen molar-refractivity contribution in [3.05, 3.63) is 51.3 Å². The molecule has 0 saturated carbocycles. The first-order chi connectivity index (χ1) is 15.3. The molecular formula is C22H26Cl2N6O2. The average molecular weight is 477 g/mol. The number of carbonyl (C=O) groups is 2. The van der Waals surface area contributed by atoms with E-state index in [1.165, 1.54) is 0 Å². The van der Waals surface area contributed by atoms with Gasteiger partial charge in [-0.15, -0.1) is 0 Å². The van der Waals surface area contributed by atoms with Crippen molar-refractivity contribution in [1.29, 1.82) is 0 Å². The number of aromatic nitrogens is 2. The smallest absolute Gasteiger partial charge is 0.243 e. The van der Waals surface area contributed by atoms with Gasteiger partial charge in [-0.2, -0.15) is 0 Å². The number of carbonyl (C=O) groups excluding carboxylic acids is 2. The Morgan fingerprint density at radius 3 is 2.84 bits per heavy atom. The average Bonchev–Trinajstić information content (AvgIpc) is 3.26. The van der Waals surface area contributed by atoms with Gasteiger partial charge >= 0.3 is 0 Å².